The van der Waals surface area contributed by atoms with Crippen molar-refractivity contribution in [2.75, 3.05) is 17.7 Å². The summed E-state index contributed by atoms with van der Waals surface area (Å²) in [5.74, 6) is 0.854. The number of benzene rings is 2. The number of nitrogens with zero attached hydrogens (tertiary/aromatic N) is 5. The van der Waals surface area contributed by atoms with Crippen LogP contribution in [0.25, 0.3) is 22.8 Å². The predicted molar refractivity (Wildman–Crippen MR) is 134 cm³/mol. The van der Waals surface area contributed by atoms with E-state index in [0.29, 0.717) is 39.9 Å². The third kappa shape index (κ3) is 4.60. The van der Waals surface area contributed by atoms with Gasteiger partial charge in [0.2, 0.25) is 0 Å². The summed E-state index contributed by atoms with van der Waals surface area (Å²) in [6.45, 7) is 1.95. The summed E-state index contributed by atoms with van der Waals surface area (Å²) in [6, 6.07) is 15.7. The number of anilines is 2. The third-order valence-electron chi connectivity index (χ3n) is 5.57. The van der Waals surface area contributed by atoms with E-state index in [0.717, 1.165) is 11.1 Å². The van der Waals surface area contributed by atoms with Crippen molar-refractivity contribution in [3.63, 3.8) is 0 Å². The number of methoxy groups -OCH3 is 1. The lowest BCUT2D eigenvalue weighted by Crippen LogP contribution is -2.22. The predicted octanol–water partition coefficient (Wildman–Crippen LogP) is 4.49. The Hall–Kier alpha value is -5.12. The Morgan fingerprint density at radius 2 is 1.67 bits per heavy atom. The van der Waals surface area contributed by atoms with Crippen LogP contribution in [0.4, 0.5) is 16.2 Å². The summed E-state index contributed by atoms with van der Waals surface area (Å²) in [4.78, 5) is 42.2. The molecule has 0 aliphatic carbocycles. The molecule has 5 rings (SSSR count). The first kappa shape index (κ1) is 22.7. The van der Waals surface area contributed by atoms with E-state index >= 15 is 0 Å². The SMILES string of the molecule is COc1ccc(NC(=O)c2ccc(-c3cc(NC(=O)n4cncc5ncnc4-5)ccc3C)nc2)cc1. The van der Waals surface area contributed by atoms with Crippen molar-refractivity contribution < 1.29 is 14.3 Å². The van der Waals surface area contributed by atoms with E-state index in [4.69, 9.17) is 4.74 Å². The van der Waals surface area contributed by atoms with Gasteiger partial charge in [0.25, 0.3) is 5.91 Å². The maximum Gasteiger partial charge on any atom is 0.332 e. The number of pyridine rings is 1. The van der Waals surface area contributed by atoms with Crippen molar-refractivity contribution in [3.05, 3.63) is 90.8 Å². The molecule has 3 aromatic rings. The van der Waals surface area contributed by atoms with Crippen LogP contribution in [0.3, 0.4) is 0 Å². The van der Waals surface area contributed by atoms with Gasteiger partial charge in [-0.2, -0.15) is 0 Å². The van der Waals surface area contributed by atoms with E-state index in [1.165, 1.54) is 23.4 Å². The van der Waals surface area contributed by atoms with Crippen molar-refractivity contribution in [1.82, 2.24) is 24.5 Å². The molecule has 2 aromatic carbocycles. The van der Waals surface area contributed by atoms with E-state index in [9.17, 15) is 9.59 Å². The highest BCUT2D eigenvalue weighted by atomic mass is 16.5. The number of hydrogen-bond acceptors (Lipinski definition) is 7. The van der Waals surface area contributed by atoms with Gasteiger partial charge >= 0.3 is 6.03 Å². The van der Waals surface area contributed by atoms with Gasteiger partial charge in [-0.25, -0.2) is 24.3 Å². The number of aryl methyl sites for hydroxylation is 1. The molecule has 2 amide bonds. The molecular weight excluding hydrogens is 458 g/mol. The summed E-state index contributed by atoms with van der Waals surface area (Å²) in [7, 11) is 1.59. The number of ether oxygens (including phenoxy) is 1. The summed E-state index contributed by atoms with van der Waals surface area (Å²) in [5.41, 5.74) is 4.64. The van der Waals surface area contributed by atoms with Crippen LogP contribution in [-0.2, 0) is 0 Å². The summed E-state index contributed by atoms with van der Waals surface area (Å²) in [6.07, 6.45) is 5.84. The first-order valence-corrected chi connectivity index (χ1v) is 11.0. The molecule has 178 valence electrons. The summed E-state index contributed by atoms with van der Waals surface area (Å²) in [5, 5.41) is 5.70. The highest BCUT2D eigenvalue weighted by Crippen LogP contribution is 2.26. The maximum atomic E-state index is 12.8. The zero-order chi connectivity index (χ0) is 25.1. The van der Waals surface area contributed by atoms with Gasteiger partial charge in [0.1, 0.15) is 24.1 Å². The molecule has 0 atom stereocenters. The van der Waals surface area contributed by atoms with Gasteiger partial charge in [-0.15, -0.1) is 0 Å². The Labute approximate surface area is 206 Å². The number of carbonyl (C=O) groups is 2. The molecule has 3 heterocycles. The number of rotatable bonds is 5. The molecule has 0 saturated carbocycles. The minimum Gasteiger partial charge on any atom is -0.497 e. The topological polar surface area (TPSA) is 124 Å². The fourth-order valence-corrected chi connectivity index (χ4v) is 3.64. The van der Waals surface area contributed by atoms with Crippen LogP contribution in [0, 0.1) is 6.92 Å². The molecule has 10 nitrogen and oxygen atoms in total. The summed E-state index contributed by atoms with van der Waals surface area (Å²) < 4.78 is 6.44. The smallest absolute Gasteiger partial charge is 0.332 e. The Bertz CT molecular complexity index is 1510. The number of nitrogens with one attached hydrogen (secondary N) is 2. The second-order valence-electron chi connectivity index (χ2n) is 7.92. The molecule has 36 heavy (non-hydrogen) atoms. The fourth-order valence-electron chi connectivity index (χ4n) is 3.64. The Morgan fingerprint density at radius 3 is 2.42 bits per heavy atom. The molecule has 2 aliphatic rings. The van der Waals surface area contributed by atoms with E-state index < -0.39 is 6.03 Å². The van der Waals surface area contributed by atoms with Gasteiger partial charge < -0.3 is 15.4 Å². The maximum absolute atomic E-state index is 12.8. The molecule has 0 fully saturated rings. The first-order chi connectivity index (χ1) is 17.5. The fraction of sp³-hybridized carbons (Fsp3) is 0.0769. The third-order valence-corrected chi connectivity index (χ3v) is 5.57. The minimum absolute atomic E-state index is 0.271. The molecule has 2 N–H and O–H groups in total. The van der Waals surface area contributed by atoms with Gasteiger partial charge in [-0.3, -0.25) is 9.78 Å². The molecule has 0 bridgehead atoms. The number of imidazole rings is 1. The Kier molecular flexibility index (Phi) is 6.06. The van der Waals surface area contributed by atoms with Crippen LogP contribution in [0.15, 0.2) is 79.6 Å². The van der Waals surface area contributed by atoms with Gasteiger partial charge in [-0.05, 0) is 61.0 Å². The van der Waals surface area contributed by atoms with Crippen LogP contribution in [0.5, 0.6) is 5.75 Å². The Balaban J connectivity index is 1.32. The van der Waals surface area contributed by atoms with Crippen molar-refractivity contribution in [2.24, 2.45) is 0 Å². The second kappa shape index (κ2) is 9.63. The van der Waals surface area contributed by atoms with Crippen molar-refractivity contribution in [3.8, 4) is 28.5 Å². The quantitative estimate of drug-likeness (QED) is 0.381. The van der Waals surface area contributed by atoms with Crippen molar-refractivity contribution in [2.45, 2.75) is 6.92 Å². The number of fused-ring (bicyclic) bond motifs is 1. The minimum atomic E-state index is -0.415. The zero-order valence-corrected chi connectivity index (χ0v) is 19.5. The zero-order valence-electron chi connectivity index (χ0n) is 19.5. The molecule has 2 aliphatic heterocycles. The van der Waals surface area contributed by atoms with Crippen LogP contribution in [-0.4, -0.2) is 43.6 Å². The number of aromatic nitrogens is 5. The van der Waals surface area contributed by atoms with Crippen molar-refractivity contribution >= 4 is 23.3 Å². The Morgan fingerprint density at radius 1 is 0.861 bits per heavy atom. The van der Waals surface area contributed by atoms with E-state index in [2.05, 4.69) is 30.6 Å². The van der Waals surface area contributed by atoms with E-state index in [1.54, 1.807) is 55.8 Å². The normalized spacial score (nSPS) is 10.7. The standard InChI is InChI=1S/C26H21N7O3/c1-16-3-5-19(32-26(35)33-15-27-13-23-24(33)30-14-29-23)11-21(16)22-10-4-17(12-28-22)25(34)31-18-6-8-20(36-2)9-7-18/h3-15H,1-2H3,(H,31,34)(H,32,35). The van der Waals surface area contributed by atoms with Crippen molar-refractivity contribution in [1.29, 1.82) is 0 Å². The molecule has 0 radical (unpaired) electrons. The van der Waals surface area contributed by atoms with Gasteiger partial charge in [-0.1, -0.05) is 6.07 Å². The van der Waals surface area contributed by atoms with Gasteiger partial charge in [0.15, 0.2) is 5.82 Å². The highest BCUT2D eigenvalue weighted by Gasteiger charge is 2.16. The monoisotopic (exact) mass is 479 g/mol. The molecule has 0 spiro atoms. The van der Waals surface area contributed by atoms with Crippen LogP contribution >= 0.6 is 0 Å². The van der Waals surface area contributed by atoms with E-state index in [1.807, 2.05) is 19.1 Å². The molecule has 0 unspecified atom stereocenters. The van der Waals surface area contributed by atoms with Crippen LogP contribution < -0.4 is 15.4 Å². The lowest BCUT2D eigenvalue weighted by molar-refractivity contribution is 0.102. The highest BCUT2D eigenvalue weighted by molar-refractivity contribution is 6.04. The lowest BCUT2D eigenvalue weighted by atomic mass is 10.0. The first-order valence-electron chi connectivity index (χ1n) is 11.0. The molecular formula is C26H21N7O3. The number of carbonyl (C=O) groups excluding carboxylic acids is 2. The van der Waals surface area contributed by atoms with E-state index in [-0.39, 0.29) is 5.91 Å². The van der Waals surface area contributed by atoms with Gasteiger partial charge in [0, 0.05) is 23.1 Å². The molecule has 10 heteroatoms. The number of amides is 2. The molecule has 0 saturated heterocycles. The molecule has 1 aromatic heterocycles. The second-order valence-corrected chi connectivity index (χ2v) is 7.92. The van der Waals surface area contributed by atoms with Crippen LogP contribution in [0.2, 0.25) is 0 Å². The van der Waals surface area contributed by atoms with Crippen LogP contribution in [0.1, 0.15) is 15.9 Å². The lowest BCUT2D eigenvalue weighted by Gasteiger charge is -2.12. The van der Waals surface area contributed by atoms with Gasteiger partial charge in [0.05, 0.1) is 24.6 Å². The average Bonchev–Trinajstić information content (AvgIpc) is 3.39. The average molecular weight is 480 g/mol. The number of hydrogen-bond donors (Lipinski definition) is 2. The largest absolute Gasteiger partial charge is 0.497 e. The summed E-state index contributed by atoms with van der Waals surface area (Å²) >= 11 is 0.